The molecule has 31 heavy (non-hydrogen) atoms. The summed E-state index contributed by atoms with van der Waals surface area (Å²) in [6.45, 7) is 1.99. The third kappa shape index (κ3) is 6.29. The van der Waals surface area contributed by atoms with Gasteiger partial charge >= 0.3 is 0 Å². The number of hydrogen-bond acceptors (Lipinski definition) is 5. The van der Waals surface area contributed by atoms with Crippen LogP contribution in [0, 0.1) is 22.6 Å². The lowest BCUT2D eigenvalue weighted by molar-refractivity contribution is 0.0612. The summed E-state index contributed by atoms with van der Waals surface area (Å²) in [6.07, 6.45) is 7.19. The zero-order valence-corrected chi connectivity index (χ0v) is 17.6. The van der Waals surface area contributed by atoms with Gasteiger partial charge in [-0.2, -0.15) is 0 Å². The highest BCUT2D eigenvalue weighted by Crippen LogP contribution is 2.21. The van der Waals surface area contributed by atoms with Crippen LogP contribution < -0.4 is 5.43 Å². The number of hydrogen-bond donors (Lipinski definition) is 2. The summed E-state index contributed by atoms with van der Waals surface area (Å²) in [5.41, 5.74) is 0.294. The van der Waals surface area contributed by atoms with E-state index < -0.39 is 17.0 Å². The number of halogens is 2. The number of Topliss-reactive ketones (excluding diaryl/α,β-unsaturated/α-hetero) is 1. The number of pyridine rings is 1. The van der Waals surface area contributed by atoms with Gasteiger partial charge in [0.2, 0.25) is 0 Å². The topological polar surface area (TPSA) is 96.0 Å². The van der Waals surface area contributed by atoms with Crippen LogP contribution in [0.5, 0.6) is 0 Å². The van der Waals surface area contributed by atoms with Crippen molar-refractivity contribution < 1.29 is 13.9 Å². The highest BCUT2D eigenvalue weighted by molar-refractivity contribution is 6.67. The first-order chi connectivity index (χ1) is 14.8. The zero-order valence-electron chi connectivity index (χ0n) is 16.9. The Bertz CT molecular complexity index is 1070. The first kappa shape index (κ1) is 22.8. The number of carbonyl (C=O) groups is 1. The summed E-state index contributed by atoms with van der Waals surface area (Å²) in [5.74, 6) is -0.551. The van der Waals surface area contributed by atoms with Crippen molar-refractivity contribution in [1.82, 2.24) is 4.57 Å². The van der Waals surface area contributed by atoms with Crippen LogP contribution in [0.25, 0.3) is 11.1 Å². The standard InChI is InChI=1S/C23H23ClFN3O3/c24-22(27)6-5-18(26)11-21(29)20-14-28(12-15-7-9-31-10-8-15)13-19(23(20)30)16-1-3-17(25)4-2-16/h1-6,13-15,26-27H,7-12H2/b6-5-,26-18?,27-22?. The molecule has 0 spiro atoms. The van der Waals surface area contributed by atoms with Crippen molar-refractivity contribution in [2.75, 3.05) is 13.2 Å². The van der Waals surface area contributed by atoms with Crippen molar-refractivity contribution in [3.8, 4) is 11.1 Å². The molecule has 0 bridgehead atoms. The Labute approximate surface area is 184 Å². The van der Waals surface area contributed by atoms with E-state index in [1.165, 1.54) is 42.6 Å². The maximum absolute atomic E-state index is 13.4. The molecule has 2 aromatic rings. The molecule has 3 rings (SSSR count). The van der Waals surface area contributed by atoms with Crippen molar-refractivity contribution >= 4 is 28.3 Å². The van der Waals surface area contributed by atoms with E-state index in [-0.39, 0.29) is 22.9 Å². The Morgan fingerprint density at radius 1 is 1.16 bits per heavy atom. The van der Waals surface area contributed by atoms with E-state index in [0.717, 1.165) is 12.8 Å². The molecule has 0 unspecified atom stereocenters. The van der Waals surface area contributed by atoms with Crippen LogP contribution in [0.2, 0.25) is 0 Å². The molecule has 1 aromatic heterocycles. The first-order valence-corrected chi connectivity index (χ1v) is 10.3. The molecule has 0 aliphatic carbocycles. The molecular formula is C23H23ClFN3O3. The Morgan fingerprint density at radius 3 is 2.48 bits per heavy atom. The molecule has 0 atom stereocenters. The highest BCUT2D eigenvalue weighted by atomic mass is 35.5. The van der Waals surface area contributed by atoms with Crippen molar-refractivity contribution in [1.29, 1.82) is 10.8 Å². The maximum Gasteiger partial charge on any atom is 0.200 e. The van der Waals surface area contributed by atoms with Crippen LogP contribution in [0.15, 0.2) is 53.6 Å². The number of aromatic nitrogens is 1. The third-order valence-corrected chi connectivity index (χ3v) is 5.25. The minimum absolute atomic E-state index is 0.0204. The molecule has 1 aliphatic heterocycles. The minimum Gasteiger partial charge on any atom is -0.381 e. The molecule has 2 heterocycles. The molecule has 0 radical (unpaired) electrons. The lowest BCUT2D eigenvalue weighted by atomic mass is 9.98. The van der Waals surface area contributed by atoms with Crippen LogP contribution in [0.1, 0.15) is 29.6 Å². The number of nitrogens with one attached hydrogen (secondary N) is 2. The van der Waals surface area contributed by atoms with Crippen LogP contribution in [-0.2, 0) is 11.3 Å². The first-order valence-electron chi connectivity index (χ1n) is 9.94. The van der Waals surface area contributed by atoms with Gasteiger partial charge in [-0.15, -0.1) is 0 Å². The maximum atomic E-state index is 13.4. The quantitative estimate of drug-likeness (QED) is 0.466. The van der Waals surface area contributed by atoms with E-state index in [1.54, 1.807) is 6.20 Å². The molecular weight excluding hydrogens is 421 g/mol. The van der Waals surface area contributed by atoms with Gasteiger partial charge in [0.1, 0.15) is 11.0 Å². The molecule has 0 saturated carbocycles. The predicted molar refractivity (Wildman–Crippen MR) is 119 cm³/mol. The van der Waals surface area contributed by atoms with Gasteiger partial charge in [-0.1, -0.05) is 23.7 Å². The molecule has 1 aromatic carbocycles. The van der Waals surface area contributed by atoms with Crippen LogP contribution >= 0.6 is 11.6 Å². The molecule has 1 fully saturated rings. The number of carbonyl (C=O) groups excluding carboxylic acids is 1. The monoisotopic (exact) mass is 443 g/mol. The highest BCUT2D eigenvalue weighted by Gasteiger charge is 2.19. The Kier molecular flexibility index (Phi) is 7.65. The third-order valence-electron chi connectivity index (χ3n) is 5.13. The molecule has 6 nitrogen and oxygen atoms in total. The van der Waals surface area contributed by atoms with Crippen molar-refractivity contribution in [2.45, 2.75) is 25.8 Å². The second-order valence-electron chi connectivity index (χ2n) is 7.48. The number of nitrogens with zero attached hydrogens (tertiary/aromatic N) is 1. The Balaban J connectivity index is 1.96. The van der Waals surface area contributed by atoms with Gasteiger partial charge in [0.25, 0.3) is 0 Å². The SMILES string of the molecule is N=C(Cl)/C=C\C(=N)CC(=O)c1cn(CC2CCOCC2)cc(-c2ccc(F)cc2)c1=O. The number of ether oxygens (including phenoxy) is 1. The summed E-state index contributed by atoms with van der Waals surface area (Å²) >= 11 is 5.44. The molecule has 0 amide bonds. The van der Waals surface area contributed by atoms with Gasteiger partial charge in [-0.25, -0.2) is 4.39 Å². The van der Waals surface area contributed by atoms with Gasteiger partial charge in [0.15, 0.2) is 11.2 Å². The van der Waals surface area contributed by atoms with E-state index >= 15 is 0 Å². The molecule has 162 valence electrons. The largest absolute Gasteiger partial charge is 0.381 e. The Hall–Kier alpha value is -2.90. The average molecular weight is 444 g/mol. The predicted octanol–water partition coefficient (Wildman–Crippen LogP) is 4.45. The van der Waals surface area contributed by atoms with E-state index in [4.69, 9.17) is 27.2 Å². The molecule has 1 aliphatic rings. The van der Waals surface area contributed by atoms with Crippen molar-refractivity contribution in [2.24, 2.45) is 5.92 Å². The number of benzene rings is 1. The number of ketones is 1. The lowest BCUT2D eigenvalue weighted by Crippen LogP contribution is -2.25. The molecule has 2 N–H and O–H groups in total. The van der Waals surface area contributed by atoms with E-state index in [9.17, 15) is 14.0 Å². The van der Waals surface area contributed by atoms with Crippen molar-refractivity contribution in [3.63, 3.8) is 0 Å². The fourth-order valence-electron chi connectivity index (χ4n) is 3.50. The number of rotatable bonds is 8. The zero-order chi connectivity index (χ0) is 22.4. The summed E-state index contributed by atoms with van der Waals surface area (Å²) < 4.78 is 20.6. The van der Waals surface area contributed by atoms with E-state index in [0.29, 0.717) is 36.8 Å². The molecule has 8 heteroatoms. The summed E-state index contributed by atoms with van der Waals surface area (Å²) in [6, 6.07) is 5.56. The average Bonchev–Trinajstić information content (AvgIpc) is 2.74. The van der Waals surface area contributed by atoms with Gasteiger partial charge in [-0.3, -0.25) is 15.0 Å². The van der Waals surface area contributed by atoms with E-state index in [1.807, 2.05) is 4.57 Å². The Morgan fingerprint density at radius 2 is 1.84 bits per heavy atom. The second kappa shape index (κ2) is 10.4. The van der Waals surface area contributed by atoms with Crippen LogP contribution in [0.3, 0.4) is 0 Å². The van der Waals surface area contributed by atoms with Gasteiger partial charge < -0.3 is 14.7 Å². The summed E-state index contributed by atoms with van der Waals surface area (Å²) in [5, 5.41) is 14.8. The normalized spacial score (nSPS) is 14.6. The van der Waals surface area contributed by atoms with Gasteiger partial charge in [0, 0.05) is 43.4 Å². The minimum atomic E-state index is -0.495. The van der Waals surface area contributed by atoms with Crippen LogP contribution in [-0.4, -0.2) is 34.4 Å². The molecule has 1 saturated heterocycles. The van der Waals surface area contributed by atoms with Crippen molar-refractivity contribution in [3.05, 3.63) is 70.4 Å². The summed E-state index contributed by atoms with van der Waals surface area (Å²) in [4.78, 5) is 25.9. The van der Waals surface area contributed by atoms with Gasteiger partial charge in [0.05, 0.1) is 12.0 Å². The fourth-order valence-corrected chi connectivity index (χ4v) is 3.56. The number of allylic oxidation sites excluding steroid dienone is 2. The van der Waals surface area contributed by atoms with Crippen LogP contribution in [0.4, 0.5) is 4.39 Å². The smallest absolute Gasteiger partial charge is 0.200 e. The van der Waals surface area contributed by atoms with E-state index in [2.05, 4.69) is 0 Å². The lowest BCUT2D eigenvalue weighted by Gasteiger charge is -2.23. The second-order valence-corrected chi connectivity index (χ2v) is 7.89. The fraction of sp³-hybridized carbons (Fsp3) is 0.304. The van der Waals surface area contributed by atoms with Gasteiger partial charge in [-0.05, 0) is 48.6 Å². The summed E-state index contributed by atoms with van der Waals surface area (Å²) in [7, 11) is 0.